The third kappa shape index (κ3) is 1.71. The normalized spacial score (nSPS) is 11.6. The highest BCUT2D eigenvalue weighted by molar-refractivity contribution is 5.51. The summed E-state index contributed by atoms with van der Waals surface area (Å²) in [6.45, 7) is 7.15. The van der Waals surface area contributed by atoms with Crippen LogP contribution >= 0.6 is 0 Å². The summed E-state index contributed by atoms with van der Waals surface area (Å²) < 4.78 is 2.17. The van der Waals surface area contributed by atoms with Crippen molar-refractivity contribution in [1.29, 1.82) is 0 Å². The highest BCUT2D eigenvalue weighted by atomic mass is 15.0. The Balaban J connectivity index is 2.65. The number of hydrogen-bond acceptors (Lipinski definition) is 2. The van der Waals surface area contributed by atoms with Gasteiger partial charge in [-0.3, -0.25) is 0 Å². The van der Waals surface area contributed by atoms with Crippen molar-refractivity contribution >= 4 is 5.65 Å². The van der Waals surface area contributed by atoms with Gasteiger partial charge in [-0.2, -0.15) is 0 Å². The summed E-state index contributed by atoms with van der Waals surface area (Å²) in [6, 6.07) is 4.18. The van der Waals surface area contributed by atoms with E-state index in [1.807, 2.05) is 0 Å². The fourth-order valence-electron chi connectivity index (χ4n) is 2.16. The second kappa shape index (κ2) is 4.26. The van der Waals surface area contributed by atoms with Gasteiger partial charge in [0.2, 0.25) is 0 Å². The predicted molar refractivity (Wildman–Crippen MR) is 66.8 cm³/mol. The number of fused-ring (bicyclic) bond motifs is 1. The largest absolute Gasteiger partial charge is 0.330 e. The van der Waals surface area contributed by atoms with Crippen molar-refractivity contribution in [3.05, 3.63) is 35.3 Å². The molecule has 0 unspecified atom stereocenters. The molecule has 0 saturated heterocycles. The first kappa shape index (κ1) is 11.1. The van der Waals surface area contributed by atoms with E-state index in [-0.39, 0.29) is 0 Å². The van der Waals surface area contributed by atoms with E-state index in [0.717, 1.165) is 12.1 Å². The SMILES string of the molecule is Cc1c(C(C)C)nc2c(CCN)cccn12. The summed E-state index contributed by atoms with van der Waals surface area (Å²) in [4.78, 5) is 4.74. The summed E-state index contributed by atoms with van der Waals surface area (Å²) in [5, 5.41) is 0. The molecule has 3 nitrogen and oxygen atoms in total. The van der Waals surface area contributed by atoms with Crippen LogP contribution in [0.5, 0.6) is 0 Å². The van der Waals surface area contributed by atoms with E-state index in [4.69, 9.17) is 10.7 Å². The Labute approximate surface area is 96.3 Å². The molecule has 0 saturated carbocycles. The van der Waals surface area contributed by atoms with Crippen LogP contribution in [0.15, 0.2) is 18.3 Å². The molecule has 86 valence electrons. The second-order valence-electron chi connectivity index (χ2n) is 4.50. The molecule has 0 aliphatic carbocycles. The maximum atomic E-state index is 5.62. The molecule has 0 atom stereocenters. The lowest BCUT2D eigenvalue weighted by atomic mass is 10.1. The Morgan fingerprint density at radius 3 is 2.81 bits per heavy atom. The molecule has 0 radical (unpaired) electrons. The predicted octanol–water partition coefficient (Wildman–Crippen LogP) is 2.27. The van der Waals surface area contributed by atoms with Gasteiger partial charge >= 0.3 is 0 Å². The smallest absolute Gasteiger partial charge is 0.140 e. The first-order chi connectivity index (χ1) is 7.65. The summed E-state index contributed by atoms with van der Waals surface area (Å²) >= 11 is 0. The number of nitrogens with zero attached hydrogens (tertiary/aromatic N) is 2. The number of nitrogens with two attached hydrogens (primary N) is 1. The van der Waals surface area contributed by atoms with Gasteiger partial charge in [-0.05, 0) is 37.4 Å². The van der Waals surface area contributed by atoms with E-state index >= 15 is 0 Å². The van der Waals surface area contributed by atoms with Gasteiger partial charge in [0.15, 0.2) is 0 Å². The number of hydrogen-bond donors (Lipinski definition) is 1. The van der Waals surface area contributed by atoms with Crippen molar-refractivity contribution in [3.63, 3.8) is 0 Å². The van der Waals surface area contributed by atoms with E-state index < -0.39 is 0 Å². The maximum Gasteiger partial charge on any atom is 0.140 e. The molecule has 2 heterocycles. The standard InChI is InChI=1S/C13H19N3/c1-9(2)12-10(3)16-8-4-5-11(6-7-14)13(16)15-12/h4-5,8-9H,6-7,14H2,1-3H3. The molecular formula is C13H19N3. The van der Waals surface area contributed by atoms with Gasteiger partial charge in [-0.1, -0.05) is 19.9 Å². The topological polar surface area (TPSA) is 43.3 Å². The monoisotopic (exact) mass is 217 g/mol. The van der Waals surface area contributed by atoms with E-state index in [9.17, 15) is 0 Å². The van der Waals surface area contributed by atoms with Gasteiger partial charge in [0.25, 0.3) is 0 Å². The van der Waals surface area contributed by atoms with Gasteiger partial charge in [-0.25, -0.2) is 4.98 Å². The lowest BCUT2D eigenvalue weighted by Gasteiger charge is -2.02. The van der Waals surface area contributed by atoms with Crippen LogP contribution in [0, 0.1) is 6.92 Å². The quantitative estimate of drug-likeness (QED) is 0.857. The molecule has 0 aliphatic rings. The first-order valence-electron chi connectivity index (χ1n) is 5.81. The molecule has 0 amide bonds. The molecule has 2 rings (SSSR count). The highest BCUT2D eigenvalue weighted by Crippen LogP contribution is 2.21. The minimum absolute atomic E-state index is 0.464. The molecule has 0 aliphatic heterocycles. The Morgan fingerprint density at radius 2 is 2.19 bits per heavy atom. The minimum atomic E-state index is 0.464. The average Bonchev–Trinajstić information content (AvgIpc) is 2.58. The van der Waals surface area contributed by atoms with Crippen molar-refractivity contribution in [1.82, 2.24) is 9.38 Å². The van der Waals surface area contributed by atoms with Crippen molar-refractivity contribution < 1.29 is 0 Å². The van der Waals surface area contributed by atoms with Crippen LogP contribution in [0.4, 0.5) is 0 Å². The van der Waals surface area contributed by atoms with Crippen LogP contribution in [-0.2, 0) is 6.42 Å². The number of pyridine rings is 1. The zero-order valence-corrected chi connectivity index (χ0v) is 10.2. The summed E-state index contributed by atoms with van der Waals surface area (Å²) in [7, 11) is 0. The van der Waals surface area contributed by atoms with Crippen molar-refractivity contribution in [2.24, 2.45) is 5.73 Å². The van der Waals surface area contributed by atoms with Crippen LogP contribution in [0.1, 0.15) is 36.7 Å². The average molecular weight is 217 g/mol. The highest BCUT2D eigenvalue weighted by Gasteiger charge is 2.12. The Morgan fingerprint density at radius 1 is 1.44 bits per heavy atom. The number of aryl methyl sites for hydroxylation is 1. The molecule has 16 heavy (non-hydrogen) atoms. The Kier molecular flexibility index (Phi) is 2.97. The van der Waals surface area contributed by atoms with Crippen LogP contribution < -0.4 is 5.73 Å². The van der Waals surface area contributed by atoms with Crippen LogP contribution in [0.3, 0.4) is 0 Å². The zero-order chi connectivity index (χ0) is 11.7. The van der Waals surface area contributed by atoms with Crippen LogP contribution in [0.25, 0.3) is 5.65 Å². The van der Waals surface area contributed by atoms with Crippen molar-refractivity contribution in [2.45, 2.75) is 33.1 Å². The second-order valence-corrected chi connectivity index (χ2v) is 4.50. The summed E-state index contributed by atoms with van der Waals surface area (Å²) in [6.07, 6.45) is 2.96. The van der Waals surface area contributed by atoms with E-state index in [0.29, 0.717) is 12.5 Å². The molecule has 0 aromatic carbocycles. The van der Waals surface area contributed by atoms with E-state index in [1.165, 1.54) is 17.0 Å². The number of aromatic nitrogens is 2. The number of imidazole rings is 1. The molecule has 0 fully saturated rings. The van der Waals surface area contributed by atoms with E-state index in [1.54, 1.807) is 0 Å². The zero-order valence-electron chi connectivity index (χ0n) is 10.2. The lowest BCUT2D eigenvalue weighted by molar-refractivity contribution is 0.821. The maximum absolute atomic E-state index is 5.62. The Bertz CT molecular complexity index is 497. The summed E-state index contributed by atoms with van der Waals surface area (Å²) in [5.74, 6) is 0.464. The van der Waals surface area contributed by atoms with Gasteiger partial charge in [0, 0.05) is 11.9 Å². The van der Waals surface area contributed by atoms with Gasteiger partial charge in [-0.15, -0.1) is 0 Å². The number of rotatable bonds is 3. The van der Waals surface area contributed by atoms with Crippen molar-refractivity contribution in [3.8, 4) is 0 Å². The molecule has 2 aromatic rings. The molecule has 0 bridgehead atoms. The van der Waals surface area contributed by atoms with E-state index in [2.05, 4.69) is 43.5 Å². The van der Waals surface area contributed by atoms with Gasteiger partial charge < -0.3 is 10.1 Å². The molecule has 2 aromatic heterocycles. The van der Waals surface area contributed by atoms with Gasteiger partial charge in [0.05, 0.1) is 5.69 Å². The van der Waals surface area contributed by atoms with Crippen molar-refractivity contribution in [2.75, 3.05) is 6.54 Å². The van der Waals surface area contributed by atoms with Crippen LogP contribution in [-0.4, -0.2) is 15.9 Å². The summed E-state index contributed by atoms with van der Waals surface area (Å²) in [5.41, 5.74) is 10.3. The lowest BCUT2D eigenvalue weighted by Crippen LogP contribution is -2.04. The van der Waals surface area contributed by atoms with Gasteiger partial charge in [0.1, 0.15) is 5.65 Å². The Hall–Kier alpha value is -1.35. The van der Waals surface area contributed by atoms with Crippen LogP contribution in [0.2, 0.25) is 0 Å². The fraction of sp³-hybridized carbons (Fsp3) is 0.462. The molecule has 3 heteroatoms. The molecular weight excluding hydrogens is 198 g/mol. The molecule has 0 spiro atoms. The first-order valence-corrected chi connectivity index (χ1v) is 5.81. The third-order valence-electron chi connectivity index (χ3n) is 2.97. The third-order valence-corrected chi connectivity index (χ3v) is 2.97. The minimum Gasteiger partial charge on any atom is -0.330 e. The molecule has 2 N–H and O–H groups in total. The fourth-order valence-corrected chi connectivity index (χ4v) is 2.16.